The van der Waals surface area contributed by atoms with Gasteiger partial charge in [0, 0.05) is 22.5 Å². The first-order valence-electron chi connectivity index (χ1n) is 6.74. The first kappa shape index (κ1) is 13.8. The van der Waals surface area contributed by atoms with Crippen molar-refractivity contribution in [3.8, 4) is 10.4 Å². The molecule has 1 aromatic heterocycles. The number of nitrogens with one attached hydrogen (secondary N) is 1. The largest absolute Gasteiger partial charge is 0.325 e. The number of benzene rings is 1. The van der Waals surface area contributed by atoms with Crippen LogP contribution in [-0.4, -0.2) is 5.91 Å². The third-order valence-electron chi connectivity index (χ3n) is 3.00. The molecule has 0 aliphatic rings. The van der Waals surface area contributed by atoms with Crippen molar-refractivity contribution >= 4 is 22.9 Å². The van der Waals surface area contributed by atoms with Gasteiger partial charge in [0.15, 0.2) is 0 Å². The molecule has 0 saturated heterocycles. The Morgan fingerprint density at radius 3 is 2.74 bits per heavy atom. The summed E-state index contributed by atoms with van der Waals surface area (Å²) < 4.78 is 0. The number of amides is 1. The van der Waals surface area contributed by atoms with Gasteiger partial charge in [-0.3, -0.25) is 4.79 Å². The fourth-order valence-electron chi connectivity index (χ4n) is 1.99. The number of carbonyl (C=O) groups excluding carboxylic acids is 1. The van der Waals surface area contributed by atoms with E-state index < -0.39 is 0 Å². The van der Waals surface area contributed by atoms with Crippen LogP contribution in [0.25, 0.3) is 10.4 Å². The Morgan fingerprint density at radius 1 is 1.16 bits per heavy atom. The van der Waals surface area contributed by atoms with Crippen molar-refractivity contribution in [3.05, 3.63) is 41.8 Å². The highest BCUT2D eigenvalue weighted by Crippen LogP contribution is 2.31. The Hall–Kier alpha value is -1.61. The Kier molecular flexibility index (Phi) is 5.16. The Bertz CT molecular complexity index is 519. The van der Waals surface area contributed by atoms with Gasteiger partial charge in [0.25, 0.3) is 0 Å². The SMILES string of the molecule is CCCCCC(=O)Nc1ccccc1-c1cccs1. The maximum Gasteiger partial charge on any atom is 0.224 e. The second kappa shape index (κ2) is 7.10. The molecule has 1 N–H and O–H groups in total. The molecule has 19 heavy (non-hydrogen) atoms. The molecular formula is C16H19NOS. The van der Waals surface area contributed by atoms with E-state index in [0.717, 1.165) is 30.5 Å². The Balaban J connectivity index is 2.06. The van der Waals surface area contributed by atoms with E-state index in [1.165, 1.54) is 4.88 Å². The molecule has 1 heterocycles. The maximum atomic E-state index is 11.9. The van der Waals surface area contributed by atoms with Crippen molar-refractivity contribution in [2.45, 2.75) is 32.6 Å². The van der Waals surface area contributed by atoms with Gasteiger partial charge in [-0.25, -0.2) is 0 Å². The minimum atomic E-state index is 0.109. The second-order valence-corrected chi connectivity index (χ2v) is 5.48. The van der Waals surface area contributed by atoms with E-state index in [-0.39, 0.29) is 5.91 Å². The first-order chi connectivity index (χ1) is 9.31. The summed E-state index contributed by atoms with van der Waals surface area (Å²) >= 11 is 1.69. The number of unbranched alkanes of at least 4 members (excludes halogenated alkanes) is 2. The molecular weight excluding hydrogens is 254 g/mol. The van der Waals surface area contributed by atoms with Crippen molar-refractivity contribution in [1.82, 2.24) is 0 Å². The van der Waals surface area contributed by atoms with Crippen LogP contribution in [0.4, 0.5) is 5.69 Å². The van der Waals surface area contributed by atoms with Crippen LogP contribution in [0.15, 0.2) is 41.8 Å². The average molecular weight is 273 g/mol. The zero-order valence-corrected chi connectivity index (χ0v) is 12.0. The van der Waals surface area contributed by atoms with Crippen LogP contribution in [-0.2, 0) is 4.79 Å². The lowest BCUT2D eigenvalue weighted by atomic mass is 10.1. The second-order valence-electron chi connectivity index (χ2n) is 4.53. The lowest BCUT2D eigenvalue weighted by molar-refractivity contribution is -0.116. The molecule has 1 aromatic carbocycles. The number of carbonyl (C=O) groups is 1. The molecule has 0 saturated carbocycles. The van der Waals surface area contributed by atoms with Crippen LogP contribution < -0.4 is 5.32 Å². The molecule has 0 unspecified atom stereocenters. The fraction of sp³-hybridized carbons (Fsp3) is 0.312. The molecule has 0 bridgehead atoms. The highest BCUT2D eigenvalue weighted by molar-refractivity contribution is 7.13. The number of thiophene rings is 1. The van der Waals surface area contributed by atoms with Crippen LogP contribution in [0, 0.1) is 0 Å². The molecule has 0 atom stereocenters. The van der Waals surface area contributed by atoms with Crippen molar-refractivity contribution in [2.24, 2.45) is 0 Å². The predicted octanol–water partition coefficient (Wildman–Crippen LogP) is 4.93. The lowest BCUT2D eigenvalue weighted by Crippen LogP contribution is -2.11. The molecule has 0 aliphatic heterocycles. The average Bonchev–Trinajstić information content (AvgIpc) is 2.93. The van der Waals surface area contributed by atoms with Crippen LogP contribution in [0.3, 0.4) is 0 Å². The first-order valence-corrected chi connectivity index (χ1v) is 7.62. The topological polar surface area (TPSA) is 29.1 Å². The van der Waals surface area contributed by atoms with E-state index >= 15 is 0 Å². The van der Waals surface area contributed by atoms with E-state index in [4.69, 9.17) is 0 Å². The van der Waals surface area contributed by atoms with Gasteiger partial charge in [0.2, 0.25) is 5.91 Å². The van der Waals surface area contributed by atoms with E-state index in [0.29, 0.717) is 6.42 Å². The summed E-state index contributed by atoms with van der Waals surface area (Å²) in [5.74, 6) is 0.109. The van der Waals surface area contributed by atoms with Crippen LogP contribution in [0.2, 0.25) is 0 Å². The number of anilines is 1. The summed E-state index contributed by atoms with van der Waals surface area (Å²) in [5.41, 5.74) is 2.01. The van der Waals surface area contributed by atoms with Gasteiger partial charge in [-0.15, -0.1) is 11.3 Å². The fourth-order valence-corrected chi connectivity index (χ4v) is 2.75. The van der Waals surface area contributed by atoms with Crippen LogP contribution in [0.5, 0.6) is 0 Å². The maximum absolute atomic E-state index is 11.9. The van der Waals surface area contributed by atoms with Gasteiger partial charge in [-0.05, 0) is 23.9 Å². The molecule has 2 nitrogen and oxygen atoms in total. The molecule has 0 radical (unpaired) electrons. The quantitative estimate of drug-likeness (QED) is 0.742. The minimum Gasteiger partial charge on any atom is -0.325 e. The summed E-state index contributed by atoms with van der Waals surface area (Å²) in [6.45, 7) is 2.14. The molecule has 3 heteroatoms. The standard InChI is InChI=1S/C16H19NOS/c1-2-3-4-11-16(18)17-14-9-6-5-8-13(14)15-10-7-12-19-15/h5-10,12H,2-4,11H2,1H3,(H,17,18). The molecule has 2 rings (SSSR count). The molecule has 1 amide bonds. The van der Waals surface area contributed by atoms with Crippen molar-refractivity contribution in [3.63, 3.8) is 0 Å². The Morgan fingerprint density at radius 2 is 2.00 bits per heavy atom. The molecule has 100 valence electrons. The predicted molar refractivity (Wildman–Crippen MR) is 82.5 cm³/mol. The van der Waals surface area contributed by atoms with Crippen LogP contribution in [0.1, 0.15) is 32.6 Å². The highest BCUT2D eigenvalue weighted by Gasteiger charge is 2.08. The van der Waals surface area contributed by atoms with Gasteiger partial charge in [0.1, 0.15) is 0 Å². The monoisotopic (exact) mass is 273 g/mol. The summed E-state index contributed by atoms with van der Waals surface area (Å²) in [7, 11) is 0. The number of hydrogen-bond acceptors (Lipinski definition) is 2. The summed E-state index contributed by atoms with van der Waals surface area (Å²) in [6, 6.07) is 12.1. The molecule has 2 aromatic rings. The smallest absolute Gasteiger partial charge is 0.224 e. The Labute approximate surface area is 118 Å². The molecule has 0 fully saturated rings. The third-order valence-corrected chi connectivity index (χ3v) is 3.90. The zero-order chi connectivity index (χ0) is 13.5. The lowest BCUT2D eigenvalue weighted by Gasteiger charge is -2.09. The van der Waals surface area contributed by atoms with Gasteiger partial charge >= 0.3 is 0 Å². The number of rotatable bonds is 6. The number of para-hydroxylation sites is 1. The normalized spacial score (nSPS) is 10.4. The van der Waals surface area contributed by atoms with Crippen molar-refractivity contribution in [1.29, 1.82) is 0 Å². The van der Waals surface area contributed by atoms with Crippen molar-refractivity contribution in [2.75, 3.05) is 5.32 Å². The third kappa shape index (κ3) is 3.93. The highest BCUT2D eigenvalue weighted by atomic mass is 32.1. The van der Waals surface area contributed by atoms with E-state index in [2.05, 4.69) is 23.7 Å². The van der Waals surface area contributed by atoms with Gasteiger partial charge in [-0.1, -0.05) is 44.0 Å². The molecule has 0 spiro atoms. The summed E-state index contributed by atoms with van der Waals surface area (Å²) in [5, 5.41) is 5.08. The van der Waals surface area contributed by atoms with E-state index in [1.807, 2.05) is 30.3 Å². The summed E-state index contributed by atoms with van der Waals surface area (Å²) in [6.07, 6.45) is 3.81. The zero-order valence-electron chi connectivity index (χ0n) is 11.2. The number of hydrogen-bond donors (Lipinski definition) is 1. The molecule has 0 aliphatic carbocycles. The van der Waals surface area contributed by atoms with Crippen molar-refractivity contribution < 1.29 is 4.79 Å². The van der Waals surface area contributed by atoms with E-state index in [9.17, 15) is 4.79 Å². The summed E-state index contributed by atoms with van der Waals surface area (Å²) in [4.78, 5) is 13.1. The minimum absolute atomic E-state index is 0.109. The van der Waals surface area contributed by atoms with E-state index in [1.54, 1.807) is 11.3 Å². The van der Waals surface area contributed by atoms with Gasteiger partial charge in [-0.2, -0.15) is 0 Å². The van der Waals surface area contributed by atoms with Gasteiger partial charge < -0.3 is 5.32 Å². The van der Waals surface area contributed by atoms with Gasteiger partial charge in [0.05, 0.1) is 0 Å². The van der Waals surface area contributed by atoms with Crippen LogP contribution >= 0.6 is 11.3 Å².